The summed E-state index contributed by atoms with van der Waals surface area (Å²) in [6.07, 6.45) is 4.39. The molecule has 0 fully saturated rings. The number of hydrogen-bond donors (Lipinski definition) is 1. The van der Waals surface area contributed by atoms with Crippen LogP contribution in [0.15, 0.2) is 46.9 Å². The molecule has 1 aliphatic rings. The second-order valence-electron chi connectivity index (χ2n) is 5.80. The highest BCUT2D eigenvalue weighted by Crippen LogP contribution is 2.38. The molecule has 3 heteroatoms. The lowest BCUT2D eigenvalue weighted by Crippen LogP contribution is -2.18. The number of fused-ring (bicyclic) bond motifs is 1. The summed E-state index contributed by atoms with van der Waals surface area (Å²) in [5.74, 6) is 0.243. The Morgan fingerprint density at radius 1 is 1.24 bits per heavy atom. The number of benzene rings is 2. The van der Waals surface area contributed by atoms with Crippen LogP contribution in [0.3, 0.4) is 0 Å². The van der Waals surface area contributed by atoms with Crippen LogP contribution in [0.2, 0.25) is 0 Å². The quantitative estimate of drug-likeness (QED) is 0.821. The van der Waals surface area contributed by atoms with Crippen LogP contribution in [-0.4, -0.2) is 0 Å². The first kappa shape index (κ1) is 14.7. The van der Waals surface area contributed by atoms with Crippen LogP contribution in [-0.2, 0) is 6.42 Å². The van der Waals surface area contributed by atoms with Gasteiger partial charge in [0.1, 0.15) is 5.82 Å². The van der Waals surface area contributed by atoms with Crippen molar-refractivity contribution in [1.29, 1.82) is 0 Å². The number of hydrogen-bond acceptors (Lipinski definition) is 1. The van der Waals surface area contributed by atoms with E-state index in [0.717, 1.165) is 29.3 Å². The third kappa shape index (κ3) is 3.19. The molecule has 2 aromatic carbocycles. The van der Waals surface area contributed by atoms with Gasteiger partial charge in [-0.25, -0.2) is 4.39 Å². The molecule has 0 bridgehead atoms. The van der Waals surface area contributed by atoms with E-state index >= 15 is 0 Å². The second-order valence-corrected chi connectivity index (χ2v) is 6.65. The smallest absolute Gasteiger partial charge is 0.123 e. The van der Waals surface area contributed by atoms with E-state index in [0.29, 0.717) is 5.92 Å². The van der Waals surface area contributed by atoms with E-state index < -0.39 is 0 Å². The number of aryl methyl sites for hydroxylation is 1. The van der Waals surface area contributed by atoms with Crippen LogP contribution < -0.4 is 5.73 Å². The summed E-state index contributed by atoms with van der Waals surface area (Å²) < 4.78 is 14.3. The summed E-state index contributed by atoms with van der Waals surface area (Å²) in [6.45, 7) is 0. The van der Waals surface area contributed by atoms with E-state index in [9.17, 15) is 4.39 Å². The van der Waals surface area contributed by atoms with Gasteiger partial charge in [-0.3, -0.25) is 0 Å². The standard InChI is InChI=1S/C18H19BrFN/c19-17-9-8-14(20)11-16(17)18(21)10-13-6-3-5-12-4-1-2-7-15(12)13/h1-2,4,7-9,11,13,18H,3,5-6,10,21H2. The van der Waals surface area contributed by atoms with Gasteiger partial charge in [-0.2, -0.15) is 0 Å². The van der Waals surface area contributed by atoms with E-state index in [-0.39, 0.29) is 11.9 Å². The lowest BCUT2D eigenvalue weighted by atomic mass is 9.79. The molecule has 1 aliphatic carbocycles. The maximum absolute atomic E-state index is 13.4. The molecule has 2 aromatic rings. The van der Waals surface area contributed by atoms with Gasteiger partial charge in [0.05, 0.1) is 0 Å². The van der Waals surface area contributed by atoms with Crippen molar-refractivity contribution in [2.45, 2.75) is 37.6 Å². The highest BCUT2D eigenvalue weighted by Gasteiger charge is 2.23. The zero-order valence-corrected chi connectivity index (χ0v) is 13.4. The van der Waals surface area contributed by atoms with Crippen molar-refractivity contribution in [3.05, 3.63) is 69.4 Å². The van der Waals surface area contributed by atoms with Crippen molar-refractivity contribution in [2.75, 3.05) is 0 Å². The maximum Gasteiger partial charge on any atom is 0.123 e. The van der Waals surface area contributed by atoms with Crippen molar-refractivity contribution in [3.8, 4) is 0 Å². The van der Waals surface area contributed by atoms with Crippen molar-refractivity contribution < 1.29 is 4.39 Å². The molecule has 0 saturated heterocycles. The van der Waals surface area contributed by atoms with Gasteiger partial charge in [-0.1, -0.05) is 40.2 Å². The summed E-state index contributed by atoms with van der Waals surface area (Å²) in [4.78, 5) is 0. The Morgan fingerprint density at radius 2 is 2.05 bits per heavy atom. The molecule has 110 valence electrons. The molecular weight excluding hydrogens is 329 g/mol. The van der Waals surface area contributed by atoms with Gasteiger partial charge in [0.15, 0.2) is 0 Å². The van der Waals surface area contributed by atoms with Gasteiger partial charge < -0.3 is 5.73 Å². The molecule has 0 spiro atoms. The first-order valence-corrected chi connectivity index (χ1v) is 8.23. The molecule has 0 heterocycles. The summed E-state index contributed by atoms with van der Waals surface area (Å²) in [5.41, 5.74) is 10.1. The molecule has 0 aliphatic heterocycles. The molecule has 1 nitrogen and oxygen atoms in total. The second kappa shape index (κ2) is 6.29. The molecule has 2 atom stereocenters. The van der Waals surface area contributed by atoms with E-state index in [1.54, 1.807) is 12.1 Å². The molecule has 21 heavy (non-hydrogen) atoms. The largest absolute Gasteiger partial charge is 0.324 e. The van der Waals surface area contributed by atoms with E-state index in [1.165, 1.54) is 23.6 Å². The van der Waals surface area contributed by atoms with Crippen LogP contribution in [0.5, 0.6) is 0 Å². The fourth-order valence-electron chi connectivity index (χ4n) is 3.33. The maximum atomic E-state index is 13.4. The van der Waals surface area contributed by atoms with Crippen LogP contribution in [0.1, 0.15) is 47.9 Å². The highest BCUT2D eigenvalue weighted by atomic mass is 79.9. The third-order valence-electron chi connectivity index (χ3n) is 4.39. The Labute approximate surface area is 133 Å². The van der Waals surface area contributed by atoms with Gasteiger partial charge in [-0.15, -0.1) is 0 Å². The van der Waals surface area contributed by atoms with Crippen molar-refractivity contribution in [3.63, 3.8) is 0 Å². The lowest BCUT2D eigenvalue weighted by molar-refractivity contribution is 0.474. The van der Waals surface area contributed by atoms with Gasteiger partial charge in [0, 0.05) is 10.5 Å². The number of rotatable bonds is 3. The monoisotopic (exact) mass is 347 g/mol. The molecule has 2 N–H and O–H groups in total. The minimum absolute atomic E-state index is 0.147. The molecule has 0 amide bonds. The fourth-order valence-corrected chi connectivity index (χ4v) is 3.87. The van der Waals surface area contributed by atoms with E-state index in [2.05, 4.69) is 40.2 Å². The predicted molar refractivity (Wildman–Crippen MR) is 87.8 cm³/mol. The summed E-state index contributed by atoms with van der Waals surface area (Å²) in [5, 5.41) is 0. The molecule has 2 unspecified atom stereocenters. The Morgan fingerprint density at radius 3 is 2.90 bits per heavy atom. The number of nitrogens with two attached hydrogens (primary N) is 1. The SMILES string of the molecule is NC(CC1CCCc2ccccc21)c1cc(F)ccc1Br. The van der Waals surface area contributed by atoms with Gasteiger partial charge >= 0.3 is 0 Å². The van der Waals surface area contributed by atoms with Crippen molar-refractivity contribution in [1.82, 2.24) is 0 Å². The van der Waals surface area contributed by atoms with Gasteiger partial charge in [-0.05, 0) is 66.5 Å². The highest BCUT2D eigenvalue weighted by molar-refractivity contribution is 9.10. The Bertz CT molecular complexity index is 641. The zero-order valence-electron chi connectivity index (χ0n) is 11.9. The summed E-state index contributed by atoms with van der Waals surface area (Å²) in [7, 11) is 0. The molecule has 3 rings (SSSR count). The number of halogens is 2. The first-order valence-electron chi connectivity index (χ1n) is 7.43. The zero-order chi connectivity index (χ0) is 14.8. The molecule has 0 radical (unpaired) electrons. The minimum Gasteiger partial charge on any atom is -0.324 e. The first-order chi connectivity index (χ1) is 10.1. The van der Waals surface area contributed by atoms with Crippen LogP contribution in [0.4, 0.5) is 4.39 Å². The summed E-state index contributed by atoms with van der Waals surface area (Å²) in [6, 6.07) is 13.2. The Kier molecular flexibility index (Phi) is 4.41. The topological polar surface area (TPSA) is 26.0 Å². The average Bonchev–Trinajstić information content (AvgIpc) is 2.50. The predicted octanol–water partition coefficient (Wildman–Crippen LogP) is 5.10. The molecular formula is C18H19BrFN. The third-order valence-corrected chi connectivity index (χ3v) is 5.11. The van der Waals surface area contributed by atoms with Gasteiger partial charge in [0.2, 0.25) is 0 Å². The Hall–Kier alpha value is -1.19. The van der Waals surface area contributed by atoms with E-state index in [4.69, 9.17) is 5.73 Å². The Balaban J connectivity index is 1.82. The van der Waals surface area contributed by atoms with E-state index in [1.807, 2.05) is 0 Å². The van der Waals surface area contributed by atoms with Crippen LogP contribution in [0.25, 0.3) is 0 Å². The fraction of sp³-hybridized carbons (Fsp3) is 0.333. The van der Waals surface area contributed by atoms with Gasteiger partial charge in [0.25, 0.3) is 0 Å². The van der Waals surface area contributed by atoms with Crippen molar-refractivity contribution in [2.24, 2.45) is 5.73 Å². The molecule has 0 aromatic heterocycles. The molecule has 0 saturated carbocycles. The van der Waals surface area contributed by atoms with Crippen LogP contribution >= 0.6 is 15.9 Å². The average molecular weight is 348 g/mol. The summed E-state index contributed by atoms with van der Waals surface area (Å²) >= 11 is 3.48. The lowest BCUT2D eigenvalue weighted by Gasteiger charge is -2.28. The van der Waals surface area contributed by atoms with Crippen LogP contribution in [0, 0.1) is 5.82 Å². The van der Waals surface area contributed by atoms with Crippen molar-refractivity contribution >= 4 is 15.9 Å². The normalized spacial score (nSPS) is 19.1. The minimum atomic E-state index is -0.229.